The lowest BCUT2D eigenvalue weighted by molar-refractivity contribution is -0.152. The highest BCUT2D eigenvalue weighted by Crippen LogP contribution is 2.32. The molecule has 0 atom stereocenters. The van der Waals surface area contributed by atoms with Crippen LogP contribution in [0.5, 0.6) is 0 Å². The summed E-state index contributed by atoms with van der Waals surface area (Å²) in [5.74, 6) is -0.481. The highest BCUT2D eigenvalue weighted by molar-refractivity contribution is 6.99. The number of carbonyl (C=O) groups excluding carboxylic acids is 2. The van der Waals surface area contributed by atoms with E-state index in [1.165, 1.54) is 13.3 Å². The fraction of sp³-hybridized carbons (Fsp3) is 0.636. The third-order valence-corrected chi connectivity index (χ3v) is 3.73. The molecule has 1 amide bonds. The molecule has 0 aliphatic heterocycles. The van der Waals surface area contributed by atoms with Crippen LogP contribution in [0.4, 0.5) is 0 Å². The average molecular weight is 284 g/mol. The van der Waals surface area contributed by atoms with Crippen molar-refractivity contribution in [3.8, 4) is 0 Å². The summed E-state index contributed by atoms with van der Waals surface area (Å²) in [4.78, 5) is 23.2. The van der Waals surface area contributed by atoms with Gasteiger partial charge in [0.15, 0.2) is 5.69 Å². The van der Waals surface area contributed by atoms with Gasteiger partial charge in [0, 0.05) is 13.1 Å². The first-order chi connectivity index (χ1) is 9.18. The Morgan fingerprint density at radius 3 is 2.79 bits per heavy atom. The average Bonchev–Trinajstić information content (AvgIpc) is 2.89. The maximum atomic E-state index is 11.6. The minimum Gasteiger partial charge on any atom is -0.468 e. The summed E-state index contributed by atoms with van der Waals surface area (Å²) < 4.78 is 12.4. The first kappa shape index (κ1) is 13.9. The van der Waals surface area contributed by atoms with Gasteiger partial charge in [-0.25, -0.2) is 0 Å². The first-order valence-corrected chi connectivity index (χ1v) is 6.80. The predicted octanol–water partition coefficient (Wildman–Crippen LogP) is -0.0468. The van der Waals surface area contributed by atoms with E-state index in [1.54, 1.807) is 0 Å². The number of ether oxygens (including phenoxy) is 1. The number of amides is 1. The van der Waals surface area contributed by atoms with Gasteiger partial charge in [0.25, 0.3) is 5.91 Å². The van der Waals surface area contributed by atoms with Crippen LogP contribution in [0.2, 0.25) is 0 Å². The van der Waals surface area contributed by atoms with Crippen molar-refractivity contribution < 1.29 is 14.3 Å². The van der Waals surface area contributed by atoms with E-state index in [-0.39, 0.29) is 11.9 Å². The third kappa shape index (κ3) is 3.07. The Balaban J connectivity index is 1.72. The van der Waals surface area contributed by atoms with Gasteiger partial charge in [-0.3, -0.25) is 9.59 Å². The van der Waals surface area contributed by atoms with Crippen LogP contribution in [0.1, 0.15) is 29.8 Å². The molecule has 1 aromatic heterocycles. The molecule has 1 aromatic rings. The fourth-order valence-corrected chi connectivity index (χ4v) is 2.42. The van der Waals surface area contributed by atoms with Crippen LogP contribution in [0, 0.1) is 0 Å². The molecule has 1 aliphatic rings. The number of hydrogen-bond donors (Lipinski definition) is 2. The Bertz CT molecular complexity index is 445. The second kappa shape index (κ2) is 6.07. The normalized spacial score (nSPS) is 16.5. The van der Waals surface area contributed by atoms with Crippen molar-refractivity contribution in [1.82, 2.24) is 19.4 Å². The highest BCUT2D eigenvalue weighted by Gasteiger charge is 2.44. The van der Waals surface area contributed by atoms with Gasteiger partial charge in [-0.2, -0.15) is 8.75 Å². The number of nitrogens with zero attached hydrogens (tertiary/aromatic N) is 2. The van der Waals surface area contributed by atoms with Gasteiger partial charge in [0.1, 0.15) is 5.54 Å². The molecule has 0 bridgehead atoms. The fourth-order valence-electron chi connectivity index (χ4n) is 2.01. The lowest BCUT2D eigenvalue weighted by atomic mass is 9.77. The third-order valence-electron chi connectivity index (χ3n) is 3.25. The van der Waals surface area contributed by atoms with Crippen LogP contribution in [-0.2, 0) is 9.53 Å². The van der Waals surface area contributed by atoms with Gasteiger partial charge in [0.05, 0.1) is 25.0 Å². The molecule has 8 heteroatoms. The summed E-state index contributed by atoms with van der Waals surface area (Å²) in [6, 6.07) is 0. The van der Waals surface area contributed by atoms with E-state index in [1.807, 2.05) is 0 Å². The first-order valence-electron chi connectivity index (χ1n) is 6.07. The van der Waals surface area contributed by atoms with Crippen molar-refractivity contribution in [3.05, 3.63) is 11.9 Å². The molecular weight excluding hydrogens is 268 g/mol. The monoisotopic (exact) mass is 284 g/mol. The topological polar surface area (TPSA) is 93.2 Å². The zero-order valence-electron chi connectivity index (χ0n) is 10.6. The lowest BCUT2D eigenvalue weighted by Crippen LogP contribution is -2.58. The maximum absolute atomic E-state index is 11.6. The lowest BCUT2D eigenvalue weighted by Gasteiger charge is -2.39. The van der Waals surface area contributed by atoms with Crippen LogP contribution >= 0.6 is 11.7 Å². The standard InChI is InChI=1S/C11H16N4O3S/c1-18-10(17)11(3-2-4-11)13-6-5-12-9(16)8-7-14-19-15-8/h7,13H,2-6H2,1H3,(H,12,16). The Morgan fingerprint density at radius 2 is 2.26 bits per heavy atom. The van der Waals surface area contributed by atoms with Crippen LogP contribution < -0.4 is 10.6 Å². The number of hydrogen-bond acceptors (Lipinski definition) is 7. The minimum atomic E-state index is -0.554. The molecular formula is C11H16N4O3S. The van der Waals surface area contributed by atoms with E-state index in [9.17, 15) is 9.59 Å². The summed E-state index contributed by atoms with van der Waals surface area (Å²) in [5.41, 5.74) is -0.238. The smallest absolute Gasteiger partial charge is 0.326 e. The van der Waals surface area contributed by atoms with E-state index >= 15 is 0 Å². The van der Waals surface area contributed by atoms with Crippen LogP contribution in [0.25, 0.3) is 0 Å². The predicted molar refractivity (Wildman–Crippen MR) is 68.8 cm³/mol. The number of nitrogens with one attached hydrogen (secondary N) is 2. The second-order valence-electron chi connectivity index (χ2n) is 4.40. The Hall–Kier alpha value is -1.54. The van der Waals surface area contributed by atoms with Crippen molar-refractivity contribution in [2.75, 3.05) is 20.2 Å². The summed E-state index contributed by atoms with van der Waals surface area (Å²) in [6.45, 7) is 0.938. The number of aromatic nitrogens is 2. The molecule has 0 spiro atoms. The van der Waals surface area contributed by atoms with Crippen LogP contribution in [0.15, 0.2) is 6.20 Å². The molecule has 1 saturated carbocycles. The van der Waals surface area contributed by atoms with Crippen molar-refractivity contribution in [1.29, 1.82) is 0 Å². The molecule has 0 saturated heterocycles. The molecule has 1 aliphatic carbocycles. The summed E-state index contributed by atoms with van der Waals surface area (Å²) >= 11 is 0.993. The largest absolute Gasteiger partial charge is 0.468 e. The Kier molecular flexibility index (Phi) is 4.43. The molecule has 19 heavy (non-hydrogen) atoms. The summed E-state index contributed by atoms with van der Waals surface area (Å²) in [7, 11) is 1.39. The molecule has 1 heterocycles. The van der Waals surface area contributed by atoms with E-state index in [2.05, 4.69) is 19.4 Å². The zero-order valence-corrected chi connectivity index (χ0v) is 11.5. The Labute approximate surface area is 115 Å². The highest BCUT2D eigenvalue weighted by atomic mass is 32.1. The quantitative estimate of drug-likeness (QED) is 0.562. The number of methoxy groups -OCH3 is 1. The van der Waals surface area contributed by atoms with Gasteiger partial charge < -0.3 is 15.4 Å². The molecule has 1 fully saturated rings. The van der Waals surface area contributed by atoms with Crippen molar-refractivity contribution in [2.24, 2.45) is 0 Å². The Morgan fingerprint density at radius 1 is 1.47 bits per heavy atom. The van der Waals surface area contributed by atoms with Crippen molar-refractivity contribution in [3.63, 3.8) is 0 Å². The molecule has 0 aromatic carbocycles. The van der Waals surface area contributed by atoms with Gasteiger partial charge in [-0.15, -0.1) is 0 Å². The minimum absolute atomic E-state index is 0.228. The number of rotatable bonds is 6. The van der Waals surface area contributed by atoms with Gasteiger partial charge in [0.2, 0.25) is 0 Å². The second-order valence-corrected chi connectivity index (χ2v) is 4.96. The molecule has 104 valence electrons. The van der Waals surface area contributed by atoms with Gasteiger partial charge in [-0.1, -0.05) is 0 Å². The number of carbonyl (C=O) groups is 2. The van der Waals surface area contributed by atoms with Crippen molar-refractivity contribution in [2.45, 2.75) is 24.8 Å². The molecule has 2 rings (SSSR count). The van der Waals surface area contributed by atoms with Gasteiger partial charge >= 0.3 is 5.97 Å². The van der Waals surface area contributed by atoms with E-state index in [0.717, 1.165) is 31.0 Å². The SMILES string of the molecule is COC(=O)C1(NCCNC(=O)c2cnsn2)CCC1. The maximum Gasteiger partial charge on any atom is 0.326 e. The van der Waals surface area contributed by atoms with Gasteiger partial charge in [-0.05, 0) is 19.3 Å². The summed E-state index contributed by atoms with van der Waals surface area (Å²) in [6.07, 6.45) is 4.00. The van der Waals surface area contributed by atoms with Crippen LogP contribution in [0.3, 0.4) is 0 Å². The molecule has 7 nitrogen and oxygen atoms in total. The van der Waals surface area contributed by atoms with E-state index in [4.69, 9.17) is 4.74 Å². The van der Waals surface area contributed by atoms with E-state index < -0.39 is 5.54 Å². The zero-order chi connectivity index (χ0) is 13.7. The molecule has 2 N–H and O–H groups in total. The van der Waals surface area contributed by atoms with E-state index in [0.29, 0.717) is 18.8 Å². The van der Waals surface area contributed by atoms with Crippen molar-refractivity contribution >= 4 is 23.6 Å². The number of esters is 1. The summed E-state index contributed by atoms with van der Waals surface area (Å²) in [5, 5.41) is 5.87. The molecule has 0 unspecified atom stereocenters. The van der Waals surface area contributed by atoms with Crippen LogP contribution in [-0.4, -0.2) is 46.4 Å². The molecule has 0 radical (unpaired) electrons.